The quantitative estimate of drug-likeness (QED) is 0.380. The highest BCUT2D eigenvalue weighted by Crippen LogP contribution is 2.29. The molecule has 0 aliphatic carbocycles. The molecule has 0 saturated carbocycles. The van der Waals surface area contributed by atoms with Crippen LogP contribution in [0.1, 0.15) is 15.9 Å². The lowest BCUT2D eigenvalue weighted by molar-refractivity contribution is -0.137. The van der Waals surface area contributed by atoms with Crippen molar-refractivity contribution in [3.05, 3.63) is 95.3 Å². The van der Waals surface area contributed by atoms with Gasteiger partial charge in [-0.3, -0.25) is 19.4 Å². The van der Waals surface area contributed by atoms with Crippen LogP contribution in [0.2, 0.25) is 0 Å². The number of carbonyl (C=O) groups excluding carboxylic acids is 3. The largest absolute Gasteiger partial charge is 0.363 e. The van der Waals surface area contributed by atoms with E-state index in [0.717, 1.165) is 10.6 Å². The molecule has 170 valence electrons. The number of nitrogens with two attached hydrogens (primary N) is 1. The van der Waals surface area contributed by atoms with E-state index in [0.29, 0.717) is 17.0 Å². The molecule has 0 bridgehead atoms. The number of carbonyl (C=O) groups is 3. The Bertz CT molecular complexity index is 1340. The van der Waals surface area contributed by atoms with Gasteiger partial charge in [-0.1, -0.05) is 42.5 Å². The zero-order valence-electron chi connectivity index (χ0n) is 17.8. The van der Waals surface area contributed by atoms with E-state index in [1.165, 1.54) is 41.8 Å². The van der Waals surface area contributed by atoms with Crippen molar-refractivity contribution in [1.29, 1.82) is 0 Å². The van der Waals surface area contributed by atoms with Crippen LogP contribution in [0.4, 0.5) is 4.39 Å². The number of benzene rings is 2. The second-order valence-electron chi connectivity index (χ2n) is 7.39. The van der Waals surface area contributed by atoms with Crippen molar-refractivity contribution in [2.45, 2.75) is 12.5 Å². The Morgan fingerprint density at radius 3 is 2.44 bits per heavy atom. The molecule has 2 heterocycles. The Morgan fingerprint density at radius 2 is 1.74 bits per heavy atom. The number of amides is 2. The van der Waals surface area contributed by atoms with Crippen LogP contribution >= 0.6 is 11.3 Å². The van der Waals surface area contributed by atoms with Gasteiger partial charge in [-0.25, -0.2) is 9.37 Å². The summed E-state index contributed by atoms with van der Waals surface area (Å²) in [7, 11) is 0. The number of aromatic nitrogens is 2. The first-order valence-corrected chi connectivity index (χ1v) is 11.2. The highest BCUT2D eigenvalue weighted by Gasteiger charge is 2.27. The van der Waals surface area contributed by atoms with Crippen LogP contribution in [0.15, 0.2) is 78.3 Å². The average molecular weight is 475 g/mol. The Balaban J connectivity index is 1.61. The number of thiazole rings is 1. The summed E-state index contributed by atoms with van der Waals surface area (Å²) in [4.78, 5) is 46.1. The second kappa shape index (κ2) is 10.1. The summed E-state index contributed by atoms with van der Waals surface area (Å²) in [6.45, 7) is 0. The van der Waals surface area contributed by atoms with Crippen molar-refractivity contribution in [2.24, 2.45) is 5.73 Å². The van der Waals surface area contributed by atoms with E-state index in [1.807, 2.05) is 30.3 Å². The molecule has 4 rings (SSSR count). The summed E-state index contributed by atoms with van der Waals surface area (Å²) in [5.41, 5.74) is 7.71. The van der Waals surface area contributed by atoms with Crippen LogP contribution in [0.3, 0.4) is 0 Å². The van der Waals surface area contributed by atoms with Gasteiger partial charge >= 0.3 is 0 Å². The van der Waals surface area contributed by atoms with Crippen LogP contribution in [0.5, 0.6) is 0 Å². The minimum atomic E-state index is -1.22. The maximum Gasteiger partial charge on any atom is 0.287 e. The van der Waals surface area contributed by atoms with Crippen molar-refractivity contribution in [3.63, 3.8) is 0 Å². The summed E-state index contributed by atoms with van der Waals surface area (Å²) in [6.07, 6.45) is 1.51. The molecule has 1 atom stereocenters. The van der Waals surface area contributed by atoms with Gasteiger partial charge in [0.05, 0.1) is 5.56 Å². The molecule has 34 heavy (non-hydrogen) atoms. The van der Waals surface area contributed by atoms with E-state index in [-0.39, 0.29) is 12.0 Å². The molecule has 0 spiro atoms. The minimum Gasteiger partial charge on any atom is -0.363 e. The summed E-state index contributed by atoms with van der Waals surface area (Å²) in [5, 5.41) is 5.15. The van der Waals surface area contributed by atoms with Crippen molar-refractivity contribution in [3.8, 4) is 22.0 Å². The van der Waals surface area contributed by atoms with Gasteiger partial charge in [0.15, 0.2) is 0 Å². The molecule has 1 unspecified atom stereocenters. The van der Waals surface area contributed by atoms with Crippen LogP contribution in [-0.4, -0.2) is 33.6 Å². The lowest BCUT2D eigenvalue weighted by atomic mass is 10.0. The summed E-state index contributed by atoms with van der Waals surface area (Å²) < 4.78 is 13.2. The summed E-state index contributed by atoms with van der Waals surface area (Å²) >= 11 is 1.41. The molecule has 3 N–H and O–H groups in total. The number of rotatable bonds is 8. The molecule has 2 amide bonds. The molecule has 0 aliphatic heterocycles. The molecule has 7 nitrogen and oxygen atoms in total. The second-order valence-corrected chi connectivity index (χ2v) is 8.25. The highest BCUT2D eigenvalue weighted by atomic mass is 32.1. The molecule has 9 heteroatoms. The van der Waals surface area contributed by atoms with E-state index in [2.05, 4.69) is 15.3 Å². The molecule has 0 radical (unpaired) electrons. The number of primary amides is 1. The Hall–Kier alpha value is -4.24. The fourth-order valence-electron chi connectivity index (χ4n) is 3.36. The van der Waals surface area contributed by atoms with Crippen molar-refractivity contribution in [1.82, 2.24) is 15.3 Å². The maximum atomic E-state index is 13.2. The van der Waals surface area contributed by atoms with Crippen LogP contribution < -0.4 is 11.1 Å². The van der Waals surface area contributed by atoms with Crippen LogP contribution in [-0.2, 0) is 16.0 Å². The monoisotopic (exact) mass is 474 g/mol. The van der Waals surface area contributed by atoms with Crippen molar-refractivity contribution >= 4 is 28.9 Å². The standard InChI is InChI=1S/C25H19FN4O3S/c26-17-10-8-15(9-11-17)13-19(22(31)23(27)32)29-24(33)18-7-4-12-28-21(18)20-14-34-25(30-20)16-5-2-1-3-6-16/h1-12,14,19H,13H2,(H2,27,32)(H,29,33). The molecule has 0 fully saturated rings. The fraction of sp³-hybridized carbons (Fsp3) is 0.0800. The van der Waals surface area contributed by atoms with Gasteiger partial charge in [0, 0.05) is 23.6 Å². The van der Waals surface area contributed by atoms with E-state index in [1.54, 1.807) is 17.5 Å². The third kappa shape index (κ3) is 5.21. The highest BCUT2D eigenvalue weighted by molar-refractivity contribution is 7.13. The molecular formula is C25H19FN4O3S. The average Bonchev–Trinajstić information content (AvgIpc) is 3.35. The number of halogens is 1. The number of hydrogen-bond acceptors (Lipinski definition) is 6. The lowest BCUT2D eigenvalue weighted by Gasteiger charge is -2.17. The molecule has 0 saturated heterocycles. The molecule has 0 aliphatic rings. The van der Waals surface area contributed by atoms with E-state index >= 15 is 0 Å². The van der Waals surface area contributed by atoms with Crippen molar-refractivity contribution < 1.29 is 18.8 Å². The number of nitrogens with zero attached hydrogens (tertiary/aromatic N) is 2. The van der Waals surface area contributed by atoms with E-state index in [9.17, 15) is 18.8 Å². The number of Topliss-reactive ketones (excluding diaryl/α,β-unsaturated/α-hetero) is 1. The normalized spacial score (nSPS) is 11.6. The predicted molar refractivity (Wildman–Crippen MR) is 126 cm³/mol. The third-order valence-electron chi connectivity index (χ3n) is 5.04. The first-order chi connectivity index (χ1) is 16.4. The van der Waals surface area contributed by atoms with Gasteiger partial charge in [0.2, 0.25) is 5.78 Å². The van der Waals surface area contributed by atoms with Gasteiger partial charge < -0.3 is 11.1 Å². The van der Waals surface area contributed by atoms with Crippen LogP contribution in [0.25, 0.3) is 22.0 Å². The molecule has 2 aromatic heterocycles. The number of pyridine rings is 1. The van der Waals surface area contributed by atoms with E-state index in [4.69, 9.17) is 5.73 Å². The third-order valence-corrected chi connectivity index (χ3v) is 5.93. The first kappa shape index (κ1) is 22.9. The van der Waals surface area contributed by atoms with Gasteiger partial charge in [0.25, 0.3) is 11.8 Å². The zero-order valence-corrected chi connectivity index (χ0v) is 18.6. The smallest absolute Gasteiger partial charge is 0.287 e. The minimum absolute atomic E-state index is 0.0295. The van der Waals surface area contributed by atoms with Crippen LogP contribution in [0, 0.1) is 5.82 Å². The van der Waals surface area contributed by atoms with Crippen molar-refractivity contribution in [2.75, 3.05) is 0 Å². The summed E-state index contributed by atoms with van der Waals surface area (Å²) in [5.74, 6) is -3.18. The SMILES string of the molecule is NC(=O)C(=O)C(Cc1ccc(F)cc1)NC(=O)c1cccnc1-c1csc(-c2ccccc2)n1. The Labute approximate surface area is 198 Å². The van der Waals surface area contributed by atoms with Gasteiger partial charge in [-0.05, 0) is 29.8 Å². The maximum absolute atomic E-state index is 13.2. The van der Waals surface area contributed by atoms with E-state index < -0.39 is 29.5 Å². The zero-order chi connectivity index (χ0) is 24.1. The predicted octanol–water partition coefficient (Wildman–Crippen LogP) is 3.41. The number of nitrogens with one attached hydrogen (secondary N) is 1. The lowest BCUT2D eigenvalue weighted by Crippen LogP contribution is -2.47. The Kier molecular flexibility index (Phi) is 6.84. The fourth-order valence-corrected chi connectivity index (χ4v) is 4.17. The first-order valence-electron chi connectivity index (χ1n) is 10.3. The molecular weight excluding hydrogens is 455 g/mol. The topological polar surface area (TPSA) is 115 Å². The van der Waals surface area contributed by atoms with Gasteiger partial charge in [-0.2, -0.15) is 0 Å². The van der Waals surface area contributed by atoms with Gasteiger partial charge in [0.1, 0.15) is 28.3 Å². The number of ketones is 1. The van der Waals surface area contributed by atoms with Gasteiger partial charge in [-0.15, -0.1) is 11.3 Å². The Morgan fingerprint density at radius 1 is 1.00 bits per heavy atom. The number of hydrogen-bond donors (Lipinski definition) is 2. The summed E-state index contributed by atoms with van der Waals surface area (Å²) in [6, 6.07) is 16.9. The molecule has 4 aromatic rings. The molecule has 2 aromatic carbocycles.